The molecule has 0 radical (unpaired) electrons. The first-order valence-corrected chi connectivity index (χ1v) is 12.9. The van der Waals surface area contributed by atoms with Gasteiger partial charge in [0, 0.05) is 26.8 Å². The fraction of sp³-hybridized carbons (Fsp3) is 0.258. The van der Waals surface area contributed by atoms with Crippen LogP contribution in [0.15, 0.2) is 94.3 Å². The first kappa shape index (κ1) is 28.5. The van der Waals surface area contributed by atoms with E-state index in [1.165, 1.54) is 28.2 Å². The molecule has 9 heteroatoms. The zero-order valence-corrected chi connectivity index (χ0v) is 22.3. The summed E-state index contributed by atoms with van der Waals surface area (Å²) >= 11 is 0. The van der Waals surface area contributed by atoms with Crippen LogP contribution in [0.1, 0.15) is 17.5 Å². The Morgan fingerprint density at radius 1 is 0.875 bits per heavy atom. The Morgan fingerprint density at radius 2 is 1.60 bits per heavy atom. The van der Waals surface area contributed by atoms with Gasteiger partial charge in [-0.15, -0.1) is 0 Å². The van der Waals surface area contributed by atoms with E-state index in [2.05, 4.69) is 0 Å². The van der Waals surface area contributed by atoms with E-state index in [-0.39, 0.29) is 50.0 Å². The molecule has 1 aromatic heterocycles. The Kier molecular flexibility index (Phi) is 10.0. The number of ether oxygens (including phenoxy) is 2. The summed E-state index contributed by atoms with van der Waals surface area (Å²) in [7, 11) is 1.56. The molecule has 0 saturated heterocycles. The van der Waals surface area contributed by atoms with Crippen molar-refractivity contribution in [3.63, 3.8) is 0 Å². The molecule has 0 aliphatic heterocycles. The van der Waals surface area contributed by atoms with Gasteiger partial charge in [-0.25, -0.2) is 4.39 Å². The van der Waals surface area contributed by atoms with Gasteiger partial charge in [-0.05, 0) is 48.4 Å². The highest BCUT2D eigenvalue weighted by molar-refractivity contribution is 5.85. The van der Waals surface area contributed by atoms with Crippen LogP contribution in [0.2, 0.25) is 0 Å². The molecule has 0 aliphatic carbocycles. The van der Waals surface area contributed by atoms with Crippen molar-refractivity contribution in [2.75, 3.05) is 33.4 Å². The minimum absolute atomic E-state index is 0.0516. The Balaban J connectivity index is 1.55. The third-order valence-electron chi connectivity index (χ3n) is 6.31. The summed E-state index contributed by atoms with van der Waals surface area (Å²) in [4.78, 5) is 42.8. The number of amides is 2. The smallest absolute Gasteiger partial charge is 0.260 e. The lowest BCUT2D eigenvalue weighted by molar-refractivity contribution is -0.142. The lowest BCUT2D eigenvalue weighted by Crippen LogP contribution is -2.45. The quantitative estimate of drug-likeness (QED) is 0.231. The molecule has 0 aliphatic rings. The first-order chi connectivity index (χ1) is 19.4. The molecule has 0 unspecified atom stereocenters. The van der Waals surface area contributed by atoms with Crippen LogP contribution in [0.25, 0.3) is 11.0 Å². The van der Waals surface area contributed by atoms with E-state index < -0.39 is 5.82 Å². The third-order valence-corrected chi connectivity index (χ3v) is 6.31. The summed E-state index contributed by atoms with van der Waals surface area (Å²) in [6.07, 6.45) is 1.87. The average Bonchev–Trinajstić information content (AvgIpc) is 2.98. The van der Waals surface area contributed by atoms with E-state index >= 15 is 0 Å². The van der Waals surface area contributed by atoms with Crippen LogP contribution in [0.5, 0.6) is 5.75 Å². The summed E-state index contributed by atoms with van der Waals surface area (Å²) in [5.74, 6) is -0.604. The number of benzene rings is 3. The van der Waals surface area contributed by atoms with Crippen LogP contribution in [-0.2, 0) is 27.4 Å². The standard InChI is InChI=1S/C31H31FN2O6/c1-38-17-7-16-33(30(36)22-39-26-8-3-2-4-9-26)20-29(35)34(18-23-12-14-25(32)15-13-23)19-24-21-40-28-11-6-5-10-27(28)31(24)37/h2-6,8-15,21H,7,16-20,22H2,1H3. The van der Waals surface area contributed by atoms with E-state index in [1.807, 2.05) is 6.07 Å². The van der Waals surface area contributed by atoms with E-state index in [0.29, 0.717) is 40.9 Å². The Labute approximate surface area is 231 Å². The number of hydrogen-bond acceptors (Lipinski definition) is 6. The lowest BCUT2D eigenvalue weighted by Gasteiger charge is -2.28. The summed E-state index contributed by atoms with van der Waals surface area (Å²) in [5, 5.41) is 0.406. The molecule has 0 fully saturated rings. The highest BCUT2D eigenvalue weighted by Gasteiger charge is 2.23. The Morgan fingerprint density at radius 3 is 2.35 bits per heavy atom. The second kappa shape index (κ2) is 14.0. The van der Waals surface area contributed by atoms with Gasteiger partial charge in [0.25, 0.3) is 5.91 Å². The van der Waals surface area contributed by atoms with Gasteiger partial charge >= 0.3 is 0 Å². The van der Waals surface area contributed by atoms with Gasteiger partial charge in [0.15, 0.2) is 12.0 Å². The maximum Gasteiger partial charge on any atom is 0.260 e. The minimum atomic E-state index is -0.398. The van der Waals surface area contributed by atoms with Crippen molar-refractivity contribution in [2.45, 2.75) is 19.5 Å². The average molecular weight is 547 g/mol. The summed E-state index contributed by atoms with van der Waals surface area (Å²) in [6.45, 7) is 0.265. The summed E-state index contributed by atoms with van der Waals surface area (Å²) < 4.78 is 29.9. The number of carbonyl (C=O) groups is 2. The van der Waals surface area contributed by atoms with Gasteiger partial charge in [-0.3, -0.25) is 14.4 Å². The summed E-state index contributed by atoms with van der Waals surface area (Å²) in [5.41, 5.74) is 1.16. The zero-order valence-electron chi connectivity index (χ0n) is 22.3. The van der Waals surface area contributed by atoms with Gasteiger partial charge < -0.3 is 23.7 Å². The van der Waals surface area contributed by atoms with Gasteiger partial charge in [0.1, 0.15) is 17.1 Å². The molecule has 3 aromatic carbocycles. The van der Waals surface area contributed by atoms with Crippen LogP contribution in [0, 0.1) is 5.82 Å². The molecule has 4 rings (SSSR count). The topological polar surface area (TPSA) is 89.3 Å². The fourth-order valence-electron chi connectivity index (χ4n) is 4.18. The van der Waals surface area contributed by atoms with Crippen molar-refractivity contribution < 1.29 is 27.9 Å². The second-order valence-corrected chi connectivity index (χ2v) is 9.23. The molecule has 1 heterocycles. The van der Waals surface area contributed by atoms with E-state index in [0.717, 1.165) is 0 Å². The van der Waals surface area contributed by atoms with E-state index in [9.17, 15) is 18.8 Å². The Bertz CT molecular complexity index is 1470. The minimum Gasteiger partial charge on any atom is -0.484 e. The largest absolute Gasteiger partial charge is 0.484 e. The van der Waals surface area contributed by atoms with Gasteiger partial charge in [0.05, 0.1) is 30.3 Å². The van der Waals surface area contributed by atoms with Gasteiger partial charge in [-0.2, -0.15) is 0 Å². The molecule has 0 atom stereocenters. The van der Waals surface area contributed by atoms with Crippen LogP contribution in [0.3, 0.4) is 0 Å². The Hall–Kier alpha value is -4.50. The number of rotatable bonds is 13. The molecule has 208 valence electrons. The lowest BCUT2D eigenvalue weighted by atomic mass is 10.1. The molecular formula is C31H31FN2O6. The van der Waals surface area contributed by atoms with Crippen LogP contribution in [0.4, 0.5) is 4.39 Å². The second-order valence-electron chi connectivity index (χ2n) is 9.23. The summed E-state index contributed by atoms with van der Waals surface area (Å²) in [6, 6.07) is 21.6. The molecular weight excluding hydrogens is 515 g/mol. The van der Waals surface area contributed by atoms with Crippen molar-refractivity contribution in [3.05, 3.63) is 112 Å². The number of methoxy groups -OCH3 is 1. The van der Waals surface area contributed by atoms with Crippen LogP contribution < -0.4 is 10.2 Å². The van der Waals surface area contributed by atoms with E-state index in [1.54, 1.807) is 67.8 Å². The monoisotopic (exact) mass is 546 g/mol. The molecule has 0 N–H and O–H groups in total. The maximum absolute atomic E-state index is 13.7. The molecule has 0 saturated carbocycles. The number of nitrogens with zero attached hydrogens (tertiary/aromatic N) is 2. The highest BCUT2D eigenvalue weighted by atomic mass is 19.1. The fourth-order valence-corrected chi connectivity index (χ4v) is 4.18. The highest BCUT2D eigenvalue weighted by Crippen LogP contribution is 2.15. The predicted molar refractivity (Wildman–Crippen MR) is 148 cm³/mol. The van der Waals surface area contributed by atoms with Gasteiger partial charge in [-0.1, -0.05) is 42.5 Å². The van der Waals surface area contributed by atoms with Gasteiger partial charge in [0.2, 0.25) is 5.91 Å². The van der Waals surface area contributed by atoms with Crippen molar-refractivity contribution >= 4 is 22.8 Å². The SMILES string of the molecule is COCCCN(CC(=O)N(Cc1ccc(F)cc1)Cc1coc2ccccc2c1=O)C(=O)COc1ccccc1. The number of carbonyl (C=O) groups excluding carboxylic acids is 2. The number of fused-ring (bicyclic) bond motifs is 1. The zero-order chi connectivity index (χ0) is 28.3. The number of hydrogen-bond donors (Lipinski definition) is 0. The normalized spacial score (nSPS) is 10.8. The molecule has 8 nitrogen and oxygen atoms in total. The molecule has 4 aromatic rings. The molecule has 40 heavy (non-hydrogen) atoms. The van der Waals surface area contributed by atoms with Crippen molar-refractivity contribution in [2.24, 2.45) is 0 Å². The molecule has 2 amide bonds. The van der Waals surface area contributed by atoms with Crippen molar-refractivity contribution in [1.82, 2.24) is 9.80 Å². The predicted octanol–water partition coefficient (Wildman–Crippen LogP) is 4.41. The molecule has 0 spiro atoms. The number of halogens is 1. The number of para-hydroxylation sites is 2. The van der Waals surface area contributed by atoms with Crippen molar-refractivity contribution in [1.29, 1.82) is 0 Å². The molecule has 0 bridgehead atoms. The van der Waals surface area contributed by atoms with Crippen LogP contribution in [-0.4, -0.2) is 55.0 Å². The third kappa shape index (κ3) is 7.77. The van der Waals surface area contributed by atoms with E-state index in [4.69, 9.17) is 13.9 Å². The van der Waals surface area contributed by atoms with Crippen LogP contribution >= 0.6 is 0 Å². The van der Waals surface area contributed by atoms with Crippen molar-refractivity contribution in [3.8, 4) is 5.75 Å². The first-order valence-electron chi connectivity index (χ1n) is 12.9. The maximum atomic E-state index is 13.7.